The van der Waals surface area contributed by atoms with Gasteiger partial charge in [-0.1, -0.05) is 80.9 Å². The van der Waals surface area contributed by atoms with Gasteiger partial charge in [0, 0.05) is 12.1 Å². The quantitative estimate of drug-likeness (QED) is 0.706. The largest absolute Gasteiger partial charge is 0.307 e. The van der Waals surface area contributed by atoms with Crippen LogP contribution in [0.4, 0.5) is 0 Å². The van der Waals surface area contributed by atoms with Crippen molar-refractivity contribution in [1.82, 2.24) is 5.32 Å². The van der Waals surface area contributed by atoms with Crippen molar-refractivity contribution in [3.63, 3.8) is 0 Å². The van der Waals surface area contributed by atoms with Gasteiger partial charge in [0.2, 0.25) is 0 Å². The van der Waals surface area contributed by atoms with Gasteiger partial charge in [0.05, 0.1) is 0 Å². The first kappa shape index (κ1) is 15.8. The van der Waals surface area contributed by atoms with E-state index in [-0.39, 0.29) is 0 Å². The summed E-state index contributed by atoms with van der Waals surface area (Å²) < 4.78 is 0. The molecule has 0 spiro atoms. The third-order valence-electron chi connectivity index (χ3n) is 4.05. The maximum atomic E-state index is 3.87. The van der Waals surface area contributed by atoms with Crippen LogP contribution in [-0.4, -0.2) is 6.04 Å². The van der Waals surface area contributed by atoms with Crippen molar-refractivity contribution in [2.75, 3.05) is 0 Å². The third-order valence-corrected chi connectivity index (χ3v) is 4.05. The van der Waals surface area contributed by atoms with E-state index in [1.165, 1.54) is 30.4 Å². The molecule has 0 radical (unpaired) electrons. The summed E-state index contributed by atoms with van der Waals surface area (Å²) in [6.45, 7) is 4.54. The minimum atomic E-state index is 0.394. The summed E-state index contributed by atoms with van der Waals surface area (Å²) in [6, 6.07) is 22.6. The lowest BCUT2D eigenvalue weighted by molar-refractivity contribution is 0.399. The van der Waals surface area contributed by atoms with Crippen molar-refractivity contribution in [1.29, 1.82) is 0 Å². The highest BCUT2D eigenvalue weighted by Gasteiger charge is 2.15. The second-order valence-corrected chi connectivity index (χ2v) is 5.71. The molecule has 0 bridgehead atoms. The zero-order chi connectivity index (χ0) is 14.9. The van der Waals surface area contributed by atoms with Gasteiger partial charge in [-0.3, -0.25) is 0 Å². The third kappa shape index (κ3) is 5.02. The van der Waals surface area contributed by atoms with Crippen molar-refractivity contribution < 1.29 is 0 Å². The average molecular weight is 281 g/mol. The Morgan fingerprint density at radius 3 is 2.05 bits per heavy atom. The molecule has 0 aliphatic carbocycles. The standard InChI is InChI=1S/C20H27N/c1-3-11-19(4-2)21-20(18-14-9-6-10-15-18)16-17-12-7-5-8-13-17/h5-10,12-15,19-21H,3-4,11,16H2,1-2H3. The summed E-state index contributed by atoms with van der Waals surface area (Å²) in [5.41, 5.74) is 2.78. The van der Waals surface area contributed by atoms with Crippen molar-refractivity contribution in [3.05, 3.63) is 71.8 Å². The molecule has 0 aromatic heterocycles. The van der Waals surface area contributed by atoms with Gasteiger partial charge in [-0.05, 0) is 30.4 Å². The van der Waals surface area contributed by atoms with Crippen LogP contribution in [0, 0.1) is 0 Å². The van der Waals surface area contributed by atoms with E-state index in [4.69, 9.17) is 0 Å². The van der Waals surface area contributed by atoms with Gasteiger partial charge >= 0.3 is 0 Å². The van der Waals surface area contributed by atoms with Gasteiger partial charge in [0.1, 0.15) is 0 Å². The van der Waals surface area contributed by atoms with Crippen LogP contribution in [0.15, 0.2) is 60.7 Å². The van der Waals surface area contributed by atoms with E-state index >= 15 is 0 Å². The number of hydrogen-bond acceptors (Lipinski definition) is 1. The van der Waals surface area contributed by atoms with E-state index in [2.05, 4.69) is 79.8 Å². The van der Waals surface area contributed by atoms with Gasteiger partial charge in [-0.15, -0.1) is 0 Å². The molecule has 2 rings (SSSR count). The average Bonchev–Trinajstić information content (AvgIpc) is 2.55. The van der Waals surface area contributed by atoms with Crippen molar-refractivity contribution >= 4 is 0 Å². The van der Waals surface area contributed by atoms with Crippen LogP contribution < -0.4 is 5.32 Å². The predicted molar refractivity (Wildman–Crippen MR) is 91.5 cm³/mol. The molecule has 2 atom stereocenters. The molecular formula is C20H27N. The second-order valence-electron chi connectivity index (χ2n) is 5.71. The zero-order valence-corrected chi connectivity index (χ0v) is 13.3. The minimum absolute atomic E-state index is 0.394. The van der Waals surface area contributed by atoms with Crippen LogP contribution in [0.1, 0.15) is 50.3 Å². The zero-order valence-electron chi connectivity index (χ0n) is 13.3. The molecule has 0 saturated heterocycles. The molecule has 1 heteroatoms. The molecule has 112 valence electrons. The molecule has 1 nitrogen and oxygen atoms in total. The topological polar surface area (TPSA) is 12.0 Å². The Morgan fingerprint density at radius 1 is 0.857 bits per heavy atom. The number of benzene rings is 2. The molecule has 0 aliphatic rings. The lowest BCUT2D eigenvalue weighted by Gasteiger charge is -2.25. The van der Waals surface area contributed by atoms with E-state index in [9.17, 15) is 0 Å². The summed E-state index contributed by atoms with van der Waals surface area (Å²) in [5, 5.41) is 3.87. The van der Waals surface area contributed by atoms with Crippen molar-refractivity contribution in [3.8, 4) is 0 Å². The number of hydrogen-bond donors (Lipinski definition) is 1. The Morgan fingerprint density at radius 2 is 1.48 bits per heavy atom. The maximum absolute atomic E-state index is 3.87. The monoisotopic (exact) mass is 281 g/mol. The van der Waals surface area contributed by atoms with Crippen LogP contribution in [0.2, 0.25) is 0 Å². The highest BCUT2D eigenvalue weighted by Crippen LogP contribution is 2.20. The first-order chi connectivity index (χ1) is 10.3. The fourth-order valence-electron chi connectivity index (χ4n) is 2.85. The molecule has 2 aromatic rings. The summed E-state index contributed by atoms with van der Waals surface area (Å²) >= 11 is 0. The SMILES string of the molecule is CCCC(CC)NC(Cc1ccccc1)c1ccccc1. The Bertz CT molecular complexity index is 492. The molecule has 0 fully saturated rings. The van der Waals surface area contributed by atoms with Gasteiger partial charge in [0.25, 0.3) is 0 Å². The molecule has 1 N–H and O–H groups in total. The molecule has 0 heterocycles. The van der Waals surface area contributed by atoms with E-state index < -0.39 is 0 Å². The first-order valence-electron chi connectivity index (χ1n) is 8.18. The first-order valence-corrected chi connectivity index (χ1v) is 8.18. The minimum Gasteiger partial charge on any atom is -0.307 e. The number of nitrogens with one attached hydrogen (secondary N) is 1. The molecule has 2 aromatic carbocycles. The van der Waals surface area contributed by atoms with Crippen LogP contribution in [0.25, 0.3) is 0 Å². The van der Waals surface area contributed by atoms with E-state index in [0.29, 0.717) is 12.1 Å². The second kappa shape index (κ2) is 8.63. The molecular weight excluding hydrogens is 254 g/mol. The summed E-state index contributed by atoms with van der Waals surface area (Å²) in [6.07, 6.45) is 4.71. The van der Waals surface area contributed by atoms with Gasteiger partial charge in [-0.2, -0.15) is 0 Å². The van der Waals surface area contributed by atoms with Crippen LogP contribution in [0.3, 0.4) is 0 Å². The van der Waals surface area contributed by atoms with E-state index in [1.807, 2.05) is 0 Å². The highest BCUT2D eigenvalue weighted by atomic mass is 14.9. The predicted octanol–water partition coefficient (Wildman–Crippen LogP) is 5.14. The lowest BCUT2D eigenvalue weighted by Crippen LogP contribution is -2.33. The molecule has 21 heavy (non-hydrogen) atoms. The number of rotatable bonds is 8. The molecule has 0 saturated carbocycles. The van der Waals surface area contributed by atoms with Crippen LogP contribution >= 0.6 is 0 Å². The molecule has 2 unspecified atom stereocenters. The van der Waals surface area contributed by atoms with Gasteiger partial charge < -0.3 is 5.32 Å². The van der Waals surface area contributed by atoms with E-state index in [0.717, 1.165) is 6.42 Å². The van der Waals surface area contributed by atoms with Gasteiger partial charge in [-0.25, -0.2) is 0 Å². The molecule has 0 amide bonds. The summed E-state index contributed by atoms with van der Waals surface area (Å²) in [5.74, 6) is 0. The van der Waals surface area contributed by atoms with Crippen molar-refractivity contribution in [2.24, 2.45) is 0 Å². The Labute approximate surface area is 129 Å². The fraction of sp³-hybridized carbons (Fsp3) is 0.400. The van der Waals surface area contributed by atoms with Crippen LogP contribution in [0.5, 0.6) is 0 Å². The summed E-state index contributed by atoms with van der Waals surface area (Å²) in [4.78, 5) is 0. The normalized spacial score (nSPS) is 13.8. The maximum Gasteiger partial charge on any atom is 0.0363 e. The highest BCUT2D eigenvalue weighted by molar-refractivity contribution is 5.23. The Hall–Kier alpha value is -1.60. The smallest absolute Gasteiger partial charge is 0.0363 e. The Balaban J connectivity index is 2.14. The van der Waals surface area contributed by atoms with E-state index in [1.54, 1.807) is 0 Å². The fourth-order valence-corrected chi connectivity index (χ4v) is 2.85. The van der Waals surface area contributed by atoms with Crippen LogP contribution in [-0.2, 0) is 6.42 Å². The molecule has 0 aliphatic heterocycles. The lowest BCUT2D eigenvalue weighted by atomic mass is 9.97. The van der Waals surface area contributed by atoms with Crippen molar-refractivity contribution in [2.45, 2.75) is 51.6 Å². The summed E-state index contributed by atoms with van der Waals surface area (Å²) in [7, 11) is 0. The Kier molecular flexibility index (Phi) is 6.49. The van der Waals surface area contributed by atoms with Gasteiger partial charge in [0.15, 0.2) is 0 Å².